The van der Waals surface area contributed by atoms with Crippen molar-refractivity contribution in [3.8, 4) is 5.75 Å². The van der Waals surface area contributed by atoms with E-state index >= 15 is 0 Å². The fourth-order valence-corrected chi connectivity index (χ4v) is 1.81. The molecule has 18 heavy (non-hydrogen) atoms. The van der Waals surface area contributed by atoms with Crippen LogP contribution in [0.1, 0.15) is 16.8 Å². The van der Waals surface area contributed by atoms with E-state index in [4.69, 9.17) is 9.15 Å². The van der Waals surface area contributed by atoms with Gasteiger partial charge < -0.3 is 9.15 Å². The molecule has 5 nitrogen and oxygen atoms in total. The average molecular weight is 247 g/mol. The van der Waals surface area contributed by atoms with Crippen LogP contribution >= 0.6 is 0 Å². The third-order valence-electron chi connectivity index (χ3n) is 2.70. The van der Waals surface area contributed by atoms with Crippen molar-refractivity contribution in [3.63, 3.8) is 0 Å². The zero-order valence-corrected chi connectivity index (χ0v) is 10.0. The zero-order chi connectivity index (χ0) is 13.1. The Morgan fingerprint density at radius 1 is 1.50 bits per heavy atom. The van der Waals surface area contributed by atoms with Gasteiger partial charge in [0.25, 0.3) is 0 Å². The van der Waals surface area contributed by atoms with E-state index < -0.39 is 5.76 Å². The lowest BCUT2D eigenvalue weighted by Crippen LogP contribution is -2.13. The molecule has 0 aliphatic carbocycles. The number of benzene rings is 1. The molecule has 0 saturated carbocycles. The van der Waals surface area contributed by atoms with Gasteiger partial charge in [0.05, 0.1) is 18.2 Å². The Balaban J connectivity index is 2.65. The summed E-state index contributed by atoms with van der Waals surface area (Å²) in [5.41, 5.74) is 1.35. The Labute approximate surface area is 103 Å². The number of aromatic nitrogens is 1. The number of aldehydes is 1. The molecule has 94 valence electrons. The van der Waals surface area contributed by atoms with E-state index in [1.807, 2.05) is 0 Å². The molecule has 0 unspecified atom stereocenters. The zero-order valence-electron chi connectivity index (χ0n) is 10.0. The fourth-order valence-electron chi connectivity index (χ4n) is 1.81. The Bertz CT molecular complexity index is 651. The highest BCUT2D eigenvalue weighted by Crippen LogP contribution is 2.24. The molecule has 2 rings (SSSR count). The van der Waals surface area contributed by atoms with Crippen LogP contribution in [0.4, 0.5) is 0 Å². The predicted octanol–water partition coefficient (Wildman–Crippen LogP) is 1.99. The minimum Gasteiger partial charge on any atom is -0.496 e. The van der Waals surface area contributed by atoms with E-state index in [0.29, 0.717) is 41.7 Å². The van der Waals surface area contributed by atoms with Crippen LogP contribution < -0.4 is 10.5 Å². The first-order valence-corrected chi connectivity index (χ1v) is 5.48. The van der Waals surface area contributed by atoms with Crippen molar-refractivity contribution >= 4 is 17.4 Å². The maximum Gasteiger partial charge on any atom is 0.419 e. The molecular weight excluding hydrogens is 234 g/mol. The molecule has 0 bridgehead atoms. The first kappa shape index (κ1) is 12.2. The van der Waals surface area contributed by atoms with Gasteiger partial charge in [-0.1, -0.05) is 6.08 Å². The first-order valence-electron chi connectivity index (χ1n) is 5.48. The van der Waals surface area contributed by atoms with Crippen LogP contribution in [-0.2, 0) is 6.54 Å². The van der Waals surface area contributed by atoms with Crippen molar-refractivity contribution in [2.45, 2.75) is 13.0 Å². The highest BCUT2D eigenvalue weighted by atomic mass is 16.5. The second kappa shape index (κ2) is 4.91. The Kier molecular flexibility index (Phi) is 3.32. The highest BCUT2D eigenvalue weighted by molar-refractivity contribution is 5.88. The van der Waals surface area contributed by atoms with E-state index in [0.717, 1.165) is 0 Å². The summed E-state index contributed by atoms with van der Waals surface area (Å²) >= 11 is 0. The first-order chi connectivity index (χ1) is 8.71. The van der Waals surface area contributed by atoms with Crippen molar-refractivity contribution in [3.05, 3.63) is 40.9 Å². The molecule has 1 aromatic carbocycles. The molecule has 0 saturated heterocycles. The second-order valence-electron chi connectivity index (χ2n) is 3.78. The Hall–Kier alpha value is -2.30. The number of allylic oxidation sites excluding steroid dienone is 1. The standard InChI is InChI=1S/C13H13NO4/c1-3-4-5-14-10-7-11(17-2)9(8-15)6-12(10)18-13(14)16/h3,6-8H,1,4-5H2,2H3. The van der Waals surface area contributed by atoms with Crippen LogP contribution in [0.2, 0.25) is 0 Å². The van der Waals surface area contributed by atoms with Crippen LogP contribution in [-0.4, -0.2) is 18.0 Å². The topological polar surface area (TPSA) is 61.4 Å². The third-order valence-corrected chi connectivity index (χ3v) is 2.70. The lowest BCUT2D eigenvalue weighted by molar-refractivity contribution is 0.112. The van der Waals surface area contributed by atoms with Gasteiger partial charge in [0, 0.05) is 12.6 Å². The minimum absolute atomic E-state index is 0.356. The smallest absolute Gasteiger partial charge is 0.419 e. The van der Waals surface area contributed by atoms with Gasteiger partial charge in [-0.3, -0.25) is 9.36 Å². The number of carbonyl (C=O) groups excluding carboxylic acids is 1. The second-order valence-corrected chi connectivity index (χ2v) is 3.78. The maximum atomic E-state index is 11.7. The van der Waals surface area contributed by atoms with Gasteiger partial charge in [-0.15, -0.1) is 6.58 Å². The molecule has 2 aromatic rings. The van der Waals surface area contributed by atoms with Crippen molar-refractivity contribution in [2.24, 2.45) is 0 Å². The van der Waals surface area contributed by atoms with Crippen LogP contribution in [0.3, 0.4) is 0 Å². The lowest BCUT2D eigenvalue weighted by Gasteiger charge is -2.04. The number of hydrogen-bond acceptors (Lipinski definition) is 4. The SMILES string of the molecule is C=CCCn1c(=O)oc2cc(C=O)c(OC)cc21. The van der Waals surface area contributed by atoms with Gasteiger partial charge in [-0.2, -0.15) is 0 Å². The van der Waals surface area contributed by atoms with Gasteiger partial charge in [0.2, 0.25) is 0 Å². The summed E-state index contributed by atoms with van der Waals surface area (Å²) in [5.74, 6) is -0.0254. The molecule has 0 fully saturated rings. The van der Waals surface area contributed by atoms with Crippen LogP contribution in [0.5, 0.6) is 5.75 Å². The Morgan fingerprint density at radius 2 is 2.28 bits per heavy atom. The van der Waals surface area contributed by atoms with Crippen LogP contribution in [0.15, 0.2) is 34.0 Å². The molecular formula is C13H13NO4. The number of nitrogens with zero attached hydrogens (tertiary/aromatic N) is 1. The molecule has 0 spiro atoms. The van der Waals surface area contributed by atoms with E-state index in [1.54, 1.807) is 12.1 Å². The third kappa shape index (κ3) is 1.95. The molecule has 5 heteroatoms. The van der Waals surface area contributed by atoms with Crippen molar-refractivity contribution in [1.29, 1.82) is 0 Å². The summed E-state index contributed by atoms with van der Waals surface area (Å²) in [6, 6.07) is 3.14. The van der Waals surface area contributed by atoms with Crippen molar-refractivity contribution < 1.29 is 13.9 Å². The van der Waals surface area contributed by atoms with Gasteiger partial charge in [0.1, 0.15) is 5.75 Å². The Morgan fingerprint density at radius 3 is 2.89 bits per heavy atom. The minimum atomic E-state index is -0.447. The molecule has 1 aromatic heterocycles. The number of methoxy groups -OCH3 is 1. The number of hydrogen-bond donors (Lipinski definition) is 0. The molecule has 0 aliphatic rings. The fraction of sp³-hybridized carbons (Fsp3) is 0.231. The van der Waals surface area contributed by atoms with Gasteiger partial charge >= 0.3 is 5.76 Å². The number of oxazole rings is 1. The maximum absolute atomic E-state index is 11.7. The summed E-state index contributed by atoms with van der Waals surface area (Å²) in [5, 5.41) is 0. The lowest BCUT2D eigenvalue weighted by atomic mass is 10.2. The molecule has 1 heterocycles. The van der Waals surface area contributed by atoms with E-state index in [2.05, 4.69) is 6.58 Å². The van der Waals surface area contributed by atoms with Crippen LogP contribution in [0.25, 0.3) is 11.1 Å². The molecule has 0 amide bonds. The van der Waals surface area contributed by atoms with Crippen LogP contribution in [0, 0.1) is 0 Å². The number of aryl methyl sites for hydroxylation is 1. The molecule has 0 N–H and O–H groups in total. The average Bonchev–Trinajstić information content (AvgIpc) is 2.69. The molecule has 0 atom stereocenters. The van der Waals surface area contributed by atoms with Crippen molar-refractivity contribution in [2.75, 3.05) is 7.11 Å². The van der Waals surface area contributed by atoms with E-state index in [-0.39, 0.29) is 0 Å². The van der Waals surface area contributed by atoms with E-state index in [9.17, 15) is 9.59 Å². The predicted molar refractivity (Wildman–Crippen MR) is 67.2 cm³/mol. The summed E-state index contributed by atoms with van der Waals surface area (Å²) < 4.78 is 11.7. The van der Waals surface area contributed by atoms with Crippen molar-refractivity contribution in [1.82, 2.24) is 4.57 Å². The number of rotatable bonds is 5. The largest absolute Gasteiger partial charge is 0.496 e. The molecule has 0 aliphatic heterocycles. The summed E-state index contributed by atoms with van der Waals surface area (Å²) in [4.78, 5) is 22.6. The van der Waals surface area contributed by atoms with Gasteiger partial charge in [-0.25, -0.2) is 4.79 Å². The summed E-state index contributed by atoms with van der Waals surface area (Å²) in [6.07, 6.45) is 3.05. The highest BCUT2D eigenvalue weighted by Gasteiger charge is 2.13. The van der Waals surface area contributed by atoms with Gasteiger partial charge in [0.15, 0.2) is 11.9 Å². The van der Waals surface area contributed by atoms with Gasteiger partial charge in [-0.05, 0) is 12.5 Å². The molecule has 0 radical (unpaired) electrons. The normalized spacial score (nSPS) is 10.5. The number of carbonyl (C=O) groups is 1. The quantitative estimate of drug-likeness (QED) is 0.598. The summed E-state index contributed by atoms with van der Waals surface area (Å²) in [7, 11) is 1.47. The number of ether oxygens (including phenoxy) is 1. The summed E-state index contributed by atoms with van der Waals surface area (Å²) in [6.45, 7) is 4.10. The number of fused-ring (bicyclic) bond motifs is 1. The van der Waals surface area contributed by atoms with E-state index in [1.165, 1.54) is 17.7 Å². The monoisotopic (exact) mass is 247 g/mol.